The van der Waals surface area contributed by atoms with E-state index in [1.807, 2.05) is 31.2 Å². The monoisotopic (exact) mass is 540 g/mol. The van der Waals surface area contributed by atoms with E-state index in [2.05, 4.69) is 19.2 Å². The first-order valence-corrected chi connectivity index (χ1v) is 14.2. The van der Waals surface area contributed by atoms with Crippen LogP contribution in [-0.4, -0.2) is 33.1 Å². The quantitative estimate of drug-likeness (QED) is 0.361. The number of nitrogens with zero attached hydrogens (tertiary/aromatic N) is 1. The van der Waals surface area contributed by atoms with Crippen molar-refractivity contribution in [1.29, 1.82) is 0 Å². The van der Waals surface area contributed by atoms with E-state index in [0.717, 1.165) is 22.7 Å². The van der Waals surface area contributed by atoms with Gasteiger partial charge >= 0.3 is 0 Å². The Morgan fingerprint density at radius 2 is 1.68 bits per heavy atom. The largest absolute Gasteiger partial charge is 0.494 e. The number of rotatable bonds is 10. The minimum atomic E-state index is -4.16. The van der Waals surface area contributed by atoms with Gasteiger partial charge in [-0.1, -0.05) is 32.0 Å². The van der Waals surface area contributed by atoms with Crippen LogP contribution < -0.4 is 19.1 Å². The number of hydrogen-bond acceptors (Lipinski definition) is 5. The molecule has 3 aromatic rings. The predicted octanol–water partition coefficient (Wildman–Crippen LogP) is 5.62. The van der Waals surface area contributed by atoms with E-state index in [1.165, 1.54) is 36.4 Å². The van der Waals surface area contributed by atoms with Gasteiger partial charge in [-0.2, -0.15) is 0 Å². The fourth-order valence-electron chi connectivity index (χ4n) is 4.72. The number of ether oxygens (including phenoxy) is 2. The molecule has 0 bridgehead atoms. The number of hydrogen-bond donors (Lipinski definition) is 1. The van der Waals surface area contributed by atoms with Crippen molar-refractivity contribution in [3.8, 4) is 11.5 Å². The van der Waals surface area contributed by atoms with E-state index in [4.69, 9.17) is 9.47 Å². The molecular formula is C29H33FN2O5S. The van der Waals surface area contributed by atoms with Gasteiger partial charge in [-0.3, -0.25) is 9.10 Å². The van der Waals surface area contributed by atoms with Crippen LogP contribution in [-0.2, 0) is 14.8 Å². The third-order valence-corrected chi connectivity index (χ3v) is 8.73. The normalized spacial score (nSPS) is 16.2. The van der Waals surface area contributed by atoms with Gasteiger partial charge in [0.05, 0.1) is 23.2 Å². The van der Waals surface area contributed by atoms with Crippen molar-refractivity contribution in [2.45, 2.75) is 56.6 Å². The molecule has 3 aromatic carbocycles. The Balaban J connectivity index is 1.64. The molecule has 0 aliphatic carbocycles. The molecule has 1 amide bonds. The number of fused-ring (bicyclic) bond motifs is 1. The second-order valence-electron chi connectivity index (χ2n) is 9.25. The minimum Gasteiger partial charge on any atom is -0.494 e. The summed E-state index contributed by atoms with van der Waals surface area (Å²) in [5.74, 6) is 0.258. The van der Waals surface area contributed by atoms with Crippen molar-refractivity contribution in [3.05, 3.63) is 84.2 Å². The van der Waals surface area contributed by atoms with Gasteiger partial charge in [0, 0.05) is 12.0 Å². The average molecular weight is 541 g/mol. The Kier molecular flexibility index (Phi) is 8.26. The maximum atomic E-state index is 13.7. The number of sulfonamides is 1. The second kappa shape index (κ2) is 11.4. The molecule has 0 fully saturated rings. The summed E-state index contributed by atoms with van der Waals surface area (Å²) >= 11 is 0. The maximum absolute atomic E-state index is 13.7. The summed E-state index contributed by atoms with van der Waals surface area (Å²) in [5, 5.41) is 3.04. The van der Waals surface area contributed by atoms with Crippen LogP contribution in [0.15, 0.2) is 77.7 Å². The molecule has 1 heterocycles. The summed E-state index contributed by atoms with van der Waals surface area (Å²) in [6.07, 6.45) is 2.08. The van der Waals surface area contributed by atoms with E-state index in [1.54, 1.807) is 12.1 Å². The zero-order valence-electron chi connectivity index (χ0n) is 21.8. The molecule has 38 heavy (non-hydrogen) atoms. The molecule has 1 N–H and O–H groups in total. The molecule has 1 aliphatic heterocycles. The van der Waals surface area contributed by atoms with Gasteiger partial charge in [-0.25, -0.2) is 12.8 Å². The summed E-state index contributed by atoms with van der Waals surface area (Å²) in [6.45, 7) is 5.90. The molecular weight excluding hydrogens is 507 g/mol. The average Bonchev–Trinajstić information content (AvgIpc) is 2.92. The Morgan fingerprint density at radius 3 is 2.32 bits per heavy atom. The van der Waals surface area contributed by atoms with Crippen molar-refractivity contribution >= 4 is 21.6 Å². The van der Waals surface area contributed by atoms with E-state index in [0.29, 0.717) is 24.5 Å². The highest BCUT2D eigenvalue weighted by Crippen LogP contribution is 2.42. The Morgan fingerprint density at radius 1 is 1.03 bits per heavy atom. The fourth-order valence-corrected chi connectivity index (χ4v) is 6.15. The van der Waals surface area contributed by atoms with Crippen LogP contribution in [0.4, 0.5) is 10.1 Å². The molecule has 7 nitrogen and oxygen atoms in total. The van der Waals surface area contributed by atoms with Crippen LogP contribution in [0.1, 0.15) is 51.6 Å². The van der Waals surface area contributed by atoms with E-state index < -0.39 is 33.9 Å². The van der Waals surface area contributed by atoms with Crippen molar-refractivity contribution < 1.29 is 27.1 Å². The van der Waals surface area contributed by atoms with Gasteiger partial charge in [0.1, 0.15) is 29.5 Å². The highest BCUT2D eigenvalue weighted by Gasteiger charge is 2.39. The summed E-state index contributed by atoms with van der Waals surface area (Å²) in [6, 6.07) is 18.2. The van der Waals surface area contributed by atoms with E-state index in [9.17, 15) is 17.6 Å². The van der Waals surface area contributed by atoms with Gasteiger partial charge in [-0.05, 0) is 74.4 Å². The lowest BCUT2D eigenvalue weighted by Gasteiger charge is -2.41. The summed E-state index contributed by atoms with van der Waals surface area (Å²) in [4.78, 5) is 13.4. The van der Waals surface area contributed by atoms with Crippen LogP contribution in [0, 0.1) is 5.82 Å². The van der Waals surface area contributed by atoms with Gasteiger partial charge in [0.25, 0.3) is 10.0 Å². The third-order valence-electron chi connectivity index (χ3n) is 6.95. The van der Waals surface area contributed by atoms with Crippen LogP contribution in [0.3, 0.4) is 0 Å². The number of para-hydroxylation sites is 1. The summed E-state index contributed by atoms with van der Waals surface area (Å²) in [7, 11) is -4.16. The second-order valence-corrected chi connectivity index (χ2v) is 11.1. The van der Waals surface area contributed by atoms with Crippen molar-refractivity contribution in [2.24, 2.45) is 0 Å². The van der Waals surface area contributed by atoms with Crippen LogP contribution in [0.2, 0.25) is 0 Å². The van der Waals surface area contributed by atoms with Gasteiger partial charge in [0.2, 0.25) is 5.91 Å². The Hall–Kier alpha value is -3.59. The Bertz CT molecular complexity index is 1360. The van der Waals surface area contributed by atoms with Gasteiger partial charge in [-0.15, -0.1) is 0 Å². The number of benzene rings is 3. The van der Waals surface area contributed by atoms with Crippen molar-refractivity contribution in [1.82, 2.24) is 5.32 Å². The first-order valence-electron chi connectivity index (χ1n) is 12.8. The van der Waals surface area contributed by atoms with Crippen molar-refractivity contribution in [2.75, 3.05) is 17.5 Å². The molecule has 9 heteroatoms. The lowest BCUT2D eigenvalue weighted by Crippen LogP contribution is -2.47. The van der Waals surface area contributed by atoms with Gasteiger partial charge < -0.3 is 14.8 Å². The van der Waals surface area contributed by atoms with Crippen molar-refractivity contribution in [3.63, 3.8) is 0 Å². The Labute approximate surface area is 223 Å². The lowest BCUT2D eigenvalue weighted by molar-refractivity contribution is -0.121. The van der Waals surface area contributed by atoms with Crippen LogP contribution >= 0.6 is 0 Å². The first-order chi connectivity index (χ1) is 18.2. The molecule has 0 radical (unpaired) electrons. The molecule has 0 saturated carbocycles. The van der Waals surface area contributed by atoms with Gasteiger partial charge in [0.15, 0.2) is 0 Å². The molecule has 202 valence electrons. The standard InChI is InChI=1S/C29H33FN2O5S/c1-4-29(5-2)19-26(25-9-7-8-10-27(25)37-29)31-28(33)20-32(22-13-11-21(30)12-14-22)38(34,35)24-17-15-23(16-18-24)36-6-3/h7-18,26H,4-6,19-20H2,1-3H3,(H,31,33)/t26-/m0/s1. The highest BCUT2D eigenvalue weighted by molar-refractivity contribution is 7.92. The molecule has 0 saturated heterocycles. The number of carbonyl (C=O) groups excluding carboxylic acids is 1. The van der Waals surface area contributed by atoms with Crippen LogP contribution in [0.5, 0.6) is 11.5 Å². The third kappa shape index (κ3) is 5.78. The zero-order valence-corrected chi connectivity index (χ0v) is 22.6. The minimum absolute atomic E-state index is 0.00882. The number of nitrogens with one attached hydrogen (secondary N) is 1. The summed E-state index contributed by atoms with van der Waals surface area (Å²) in [5.41, 5.74) is 0.595. The number of amides is 1. The molecule has 0 spiro atoms. The summed E-state index contributed by atoms with van der Waals surface area (Å²) < 4.78 is 53.8. The molecule has 4 rings (SSSR count). The first kappa shape index (κ1) is 27.4. The highest BCUT2D eigenvalue weighted by atomic mass is 32.2. The maximum Gasteiger partial charge on any atom is 0.264 e. The molecule has 1 aliphatic rings. The predicted molar refractivity (Wildman–Crippen MR) is 144 cm³/mol. The SMILES string of the molecule is CCOc1ccc(S(=O)(=O)N(CC(=O)N[C@H]2CC(CC)(CC)Oc3ccccc32)c2ccc(F)cc2)cc1. The molecule has 0 aromatic heterocycles. The van der Waals surface area contributed by atoms with E-state index >= 15 is 0 Å². The van der Waals surface area contributed by atoms with Crippen LogP contribution in [0.25, 0.3) is 0 Å². The molecule has 1 atom stereocenters. The lowest BCUT2D eigenvalue weighted by atomic mass is 9.83. The number of anilines is 1. The molecule has 0 unspecified atom stereocenters. The smallest absolute Gasteiger partial charge is 0.264 e. The fraction of sp³-hybridized carbons (Fsp3) is 0.345. The van der Waals surface area contributed by atoms with E-state index in [-0.39, 0.29) is 16.6 Å². The topological polar surface area (TPSA) is 84.9 Å². The number of carbonyl (C=O) groups is 1. The zero-order chi connectivity index (χ0) is 27.3. The number of halogens is 1.